The maximum Gasteiger partial charge on any atom is 0.416 e. The van der Waals surface area contributed by atoms with Crippen molar-refractivity contribution in [2.75, 3.05) is 11.1 Å². The number of nitrogens with zero attached hydrogens (tertiary/aromatic N) is 1. The molecule has 1 aromatic heterocycles. The van der Waals surface area contributed by atoms with E-state index in [1.807, 2.05) is 0 Å². The molecule has 18 heavy (non-hydrogen) atoms. The number of hydrogen-bond donors (Lipinski definition) is 2. The fourth-order valence-corrected chi connectivity index (χ4v) is 1.44. The molecule has 0 radical (unpaired) electrons. The lowest BCUT2D eigenvalue weighted by Gasteiger charge is -2.10. The van der Waals surface area contributed by atoms with Gasteiger partial charge in [-0.25, -0.2) is 4.98 Å². The number of nitrogens with one attached hydrogen (secondary N) is 1. The van der Waals surface area contributed by atoms with Crippen LogP contribution in [0.2, 0.25) is 0 Å². The first-order valence-electron chi connectivity index (χ1n) is 5.11. The molecule has 94 valence electrons. The highest BCUT2D eigenvalue weighted by molar-refractivity contribution is 5.60. The van der Waals surface area contributed by atoms with Gasteiger partial charge < -0.3 is 11.1 Å². The highest BCUT2D eigenvalue weighted by Gasteiger charge is 2.30. The number of hydrogen-bond acceptors (Lipinski definition) is 3. The van der Waals surface area contributed by atoms with E-state index >= 15 is 0 Å². The minimum atomic E-state index is -4.36. The van der Waals surface area contributed by atoms with Gasteiger partial charge in [0.2, 0.25) is 0 Å². The first-order chi connectivity index (χ1) is 8.45. The lowest BCUT2D eigenvalue weighted by molar-refractivity contribution is -0.137. The van der Waals surface area contributed by atoms with Crippen molar-refractivity contribution in [2.45, 2.75) is 6.18 Å². The summed E-state index contributed by atoms with van der Waals surface area (Å²) in [6.45, 7) is 0. The molecule has 0 spiro atoms. The fraction of sp³-hybridized carbons (Fsp3) is 0.0833. The molecule has 3 N–H and O–H groups in total. The summed E-state index contributed by atoms with van der Waals surface area (Å²) in [4.78, 5) is 3.95. The van der Waals surface area contributed by atoms with E-state index in [1.54, 1.807) is 12.1 Å². The van der Waals surface area contributed by atoms with Crippen LogP contribution < -0.4 is 11.1 Å². The number of rotatable bonds is 2. The number of halogens is 3. The maximum atomic E-state index is 12.5. The molecular formula is C12H10F3N3. The normalized spacial score (nSPS) is 11.3. The molecule has 0 bridgehead atoms. The SMILES string of the molecule is Nc1ccnc(Nc2cccc(C(F)(F)F)c2)c1. The van der Waals surface area contributed by atoms with Gasteiger partial charge >= 0.3 is 6.18 Å². The molecule has 2 aromatic rings. The summed E-state index contributed by atoms with van der Waals surface area (Å²) in [5.41, 5.74) is 5.63. The second-order valence-electron chi connectivity index (χ2n) is 3.68. The van der Waals surface area contributed by atoms with Gasteiger partial charge in [0.15, 0.2) is 0 Å². The fourth-order valence-electron chi connectivity index (χ4n) is 1.44. The second kappa shape index (κ2) is 4.56. The summed E-state index contributed by atoms with van der Waals surface area (Å²) < 4.78 is 37.5. The van der Waals surface area contributed by atoms with Crippen LogP contribution in [0.4, 0.5) is 30.4 Å². The third kappa shape index (κ3) is 2.91. The van der Waals surface area contributed by atoms with Gasteiger partial charge in [0.25, 0.3) is 0 Å². The predicted octanol–water partition coefficient (Wildman–Crippen LogP) is 3.43. The van der Waals surface area contributed by atoms with Crippen LogP contribution in [-0.2, 0) is 6.18 Å². The van der Waals surface area contributed by atoms with Crippen molar-refractivity contribution in [2.24, 2.45) is 0 Å². The number of anilines is 3. The van der Waals surface area contributed by atoms with Crippen LogP contribution in [0.1, 0.15) is 5.56 Å². The first kappa shape index (κ1) is 12.2. The van der Waals surface area contributed by atoms with Crippen LogP contribution in [0.5, 0.6) is 0 Å². The van der Waals surface area contributed by atoms with Gasteiger partial charge in [0.1, 0.15) is 5.82 Å². The Labute approximate surface area is 101 Å². The lowest BCUT2D eigenvalue weighted by Crippen LogP contribution is -2.05. The number of aromatic nitrogens is 1. The molecule has 0 aliphatic heterocycles. The summed E-state index contributed by atoms with van der Waals surface area (Å²) >= 11 is 0. The minimum absolute atomic E-state index is 0.308. The molecule has 3 nitrogen and oxygen atoms in total. The maximum absolute atomic E-state index is 12.5. The number of pyridine rings is 1. The largest absolute Gasteiger partial charge is 0.416 e. The van der Waals surface area contributed by atoms with Crippen LogP contribution in [-0.4, -0.2) is 4.98 Å². The smallest absolute Gasteiger partial charge is 0.399 e. The summed E-state index contributed by atoms with van der Waals surface area (Å²) in [7, 11) is 0. The van der Waals surface area contributed by atoms with Gasteiger partial charge in [-0.1, -0.05) is 6.07 Å². The molecule has 0 aliphatic carbocycles. The topological polar surface area (TPSA) is 50.9 Å². The molecule has 1 heterocycles. The average molecular weight is 253 g/mol. The van der Waals surface area contributed by atoms with E-state index in [2.05, 4.69) is 10.3 Å². The molecule has 1 aromatic carbocycles. The molecule has 0 amide bonds. The zero-order valence-corrected chi connectivity index (χ0v) is 9.20. The van der Waals surface area contributed by atoms with Gasteiger partial charge in [0, 0.05) is 23.6 Å². The van der Waals surface area contributed by atoms with Gasteiger partial charge in [-0.15, -0.1) is 0 Å². The van der Waals surface area contributed by atoms with E-state index in [9.17, 15) is 13.2 Å². The van der Waals surface area contributed by atoms with Crippen LogP contribution in [0.3, 0.4) is 0 Å². The Kier molecular flexibility index (Phi) is 3.10. The van der Waals surface area contributed by atoms with Crippen LogP contribution in [0.25, 0.3) is 0 Å². The highest BCUT2D eigenvalue weighted by Crippen LogP contribution is 2.31. The zero-order chi connectivity index (χ0) is 13.2. The average Bonchev–Trinajstić information content (AvgIpc) is 2.28. The van der Waals surface area contributed by atoms with Crippen molar-refractivity contribution >= 4 is 17.2 Å². The summed E-state index contributed by atoms with van der Waals surface area (Å²) in [5, 5.41) is 2.77. The number of nitrogens with two attached hydrogens (primary N) is 1. The van der Waals surface area contributed by atoms with Crippen molar-refractivity contribution in [1.29, 1.82) is 0 Å². The van der Waals surface area contributed by atoms with Crippen molar-refractivity contribution in [3.05, 3.63) is 48.2 Å². The monoisotopic (exact) mass is 253 g/mol. The molecule has 0 saturated heterocycles. The van der Waals surface area contributed by atoms with Crippen LogP contribution in [0, 0.1) is 0 Å². The van der Waals surface area contributed by atoms with Gasteiger partial charge in [-0.05, 0) is 24.3 Å². The van der Waals surface area contributed by atoms with Crippen molar-refractivity contribution in [1.82, 2.24) is 4.98 Å². The third-order valence-corrected chi connectivity index (χ3v) is 2.25. The van der Waals surface area contributed by atoms with E-state index in [0.717, 1.165) is 12.1 Å². The zero-order valence-electron chi connectivity index (χ0n) is 9.20. The van der Waals surface area contributed by atoms with E-state index in [0.29, 0.717) is 17.2 Å². The molecule has 2 rings (SSSR count). The molecule has 0 saturated carbocycles. The summed E-state index contributed by atoms with van der Waals surface area (Å²) in [5.74, 6) is 0.398. The molecular weight excluding hydrogens is 243 g/mol. The van der Waals surface area contributed by atoms with E-state index < -0.39 is 11.7 Å². The van der Waals surface area contributed by atoms with Crippen molar-refractivity contribution < 1.29 is 13.2 Å². The second-order valence-corrected chi connectivity index (χ2v) is 3.68. The highest BCUT2D eigenvalue weighted by atomic mass is 19.4. The number of benzene rings is 1. The van der Waals surface area contributed by atoms with Gasteiger partial charge in [-0.2, -0.15) is 13.2 Å². The standard InChI is InChI=1S/C12H10F3N3/c13-12(14,15)8-2-1-3-10(6-8)18-11-7-9(16)4-5-17-11/h1-7H,(H3,16,17,18). The van der Waals surface area contributed by atoms with Crippen molar-refractivity contribution in [3.63, 3.8) is 0 Å². The Hall–Kier alpha value is -2.24. The Morgan fingerprint density at radius 2 is 1.89 bits per heavy atom. The summed E-state index contributed by atoms with van der Waals surface area (Å²) in [6, 6.07) is 8.03. The quantitative estimate of drug-likeness (QED) is 0.862. The number of alkyl halides is 3. The van der Waals surface area contributed by atoms with Gasteiger partial charge in [-0.3, -0.25) is 0 Å². The molecule has 0 unspecified atom stereocenters. The van der Waals surface area contributed by atoms with E-state index in [4.69, 9.17) is 5.73 Å². The summed E-state index contributed by atoms with van der Waals surface area (Å²) in [6.07, 6.45) is -2.88. The Morgan fingerprint density at radius 3 is 2.56 bits per heavy atom. The Bertz CT molecular complexity index is 552. The predicted molar refractivity (Wildman–Crippen MR) is 63.4 cm³/mol. The van der Waals surface area contributed by atoms with E-state index in [-0.39, 0.29) is 0 Å². The third-order valence-electron chi connectivity index (χ3n) is 2.25. The molecule has 0 atom stereocenters. The van der Waals surface area contributed by atoms with Crippen LogP contribution in [0.15, 0.2) is 42.6 Å². The molecule has 0 aliphatic rings. The molecule has 6 heteroatoms. The Morgan fingerprint density at radius 1 is 1.11 bits per heavy atom. The number of nitrogen functional groups attached to an aromatic ring is 1. The van der Waals surface area contributed by atoms with Crippen molar-refractivity contribution in [3.8, 4) is 0 Å². The van der Waals surface area contributed by atoms with Crippen LogP contribution >= 0.6 is 0 Å². The Balaban J connectivity index is 2.25. The van der Waals surface area contributed by atoms with E-state index in [1.165, 1.54) is 18.3 Å². The van der Waals surface area contributed by atoms with Gasteiger partial charge in [0.05, 0.1) is 5.56 Å². The lowest BCUT2D eigenvalue weighted by atomic mass is 10.2. The molecule has 0 fully saturated rings. The first-order valence-corrected chi connectivity index (χ1v) is 5.11. The minimum Gasteiger partial charge on any atom is -0.399 e.